The maximum Gasteiger partial charge on any atom is 0.346 e. The number of benzene rings is 2. The van der Waals surface area contributed by atoms with E-state index in [1.54, 1.807) is 24.9 Å². The Bertz CT molecular complexity index is 1140. The van der Waals surface area contributed by atoms with Crippen molar-refractivity contribution < 1.29 is 14.3 Å². The van der Waals surface area contributed by atoms with Crippen molar-refractivity contribution in [3.05, 3.63) is 64.6 Å². The number of carbonyl (C=O) groups is 1. The van der Waals surface area contributed by atoms with Gasteiger partial charge in [0.1, 0.15) is 0 Å². The number of ether oxygens (including phenoxy) is 2. The Morgan fingerprint density at radius 3 is 2.50 bits per heavy atom. The number of nitrogens with zero attached hydrogens (tertiary/aromatic N) is 3. The quantitative estimate of drug-likeness (QED) is 0.536. The summed E-state index contributed by atoms with van der Waals surface area (Å²) < 4.78 is 13.7. The lowest BCUT2D eigenvalue weighted by molar-refractivity contribution is 0.240. The zero-order valence-corrected chi connectivity index (χ0v) is 18.2. The lowest BCUT2D eigenvalue weighted by Crippen LogP contribution is -2.38. The summed E-state index contributed by atoms with van der Waals surface area (Å²) in [4.78, 5) is 25.0. The van der Waals surface area contributed by atoms with Crippen molar-refractivity contribution in [2.24, 2.45) is 0 Å². The summed E-state index contributed by atoms with van der Waals surface area (Å²) in [6.07, 6.45) is 1.98. The summed E-state index contributed by atoms with van der Waals surface area (Å²) in [5.41, 5.74) is 1.65. The molecule has 9 nitrogen and oxygen atoms in total. The van der Waals surface area contributed by atoms with Gasteiger partial charge in [0.25, 0.3) is 0 Å². The molecule has 168 valence electrons. The number of methoxy groups -OCH3 is 2. The molecule has 0 atom stereocenters. The summed E-state index contributed by atoms with van der Waals surface area (Å²) in [5, 5.41) is 10.1. The van der Waals surface area contributed by atoms with Crippen LogP contribution in [0.4, 0.5) is 4.79 Å². The fraction of sp³-hybridized carbons (Fsp3) is 0.348. The summed E-state index contributed by atoms with van der Waals surface area (Å²) in [6, 6.07) is 15.1. The zero-order chi connectivity index (χ0) is 22.5. The first kappa shape index (κ1) is 21.5. The predicted molar refractivity (Wildman–Crippen MR) is 120 cm³/mol. The number of amides is 2. The van der Waals surface area contributed by atoms with Crippen molar-refractivity contribution in [2.75, 3.05) is 20.8 Å². The molecule has 0 bridgehead atoms. The lowest BCUT2D eigenvalue weighted by Gasteiger charge is -2.11. The number of rotatable bonds is 9. The van der Waals surface area contributed by atoms with E-state index >= 15 is 0 Å². The molecule has 1 aromatic heterocycles. The minimum atomic E-state index is -0.322. The van der Waals surface area contributed by atoms with E-state index in [0.717, 1.165) is 24.0 Å². The van der Waals surface area contributed by atoms with Crippen molar-refractivity contribution in [2.45, 2.75) is 32.0 Å². The summed E-state index contributed by atoms with van der Waals surface area (Å²) in [5.74, 6) is 1.91. The number of nitrogens with one attached hydrogen (secondary N) is 2. The first-order chi connectivity index (χ1) is 15.6. The molecule has 4 rings (SSSR count). The Labute approximate surface area is 186 Å². The van der Waals surface area contributed by atoms with Crippen molar-refractivity contribution in [3.8, 4) is 22.9 Å². The van der Waals surface area contributed by atoms with Crippen LogP contribution in [0.1, 0.15) is 24.4 Å². The third-order valence-electron chi connectivity index (χ3n) is 5.32. The molecule has 1 heterocycles. The molecule has 9 heteroatoms. The normalized spacial score (nSPS) is 12.9. The molecule has 2 N–H and O–H groups in total. The first-order valence-corrected chi connectivity index (χ1v) is 10.6. The Kier molecular flexibility index (Phi) is 6.44. The number of carbonyl (C=O) groups excluding carboxylic acids is 1. The van der Waals surface area contributed by atoms with Crippen LogP contribution in [0.15, 0.2) is 53.3 Å². The number of hydrogen-bond acceptors (Lipinski definition) is 5. The highest BCUT2D eigenvalue weighted by molar-refractivity contribution is 5.73. The monoisotopic (exact) mass is 437 g/mol. The van der Waals surface area contributed by atoms with Crippen LogP contribution in [0.25, 0.3) is 11.4 Å². The molecule has 0 radical (unpaired) electrons. The van der Waals surface area contributed by atoms with E-state index in [0.29, 0.717) is 30.4 Å². The smallest absolute Gasteiger partial charge is 0.346 e. The highest BCUT2D eigenvalue weighted by atomic mass is 16.5. The van der Waals surface area contributed by atoms with Gasteiger partial charge >= 0.3 is 11.7 Å². The number of urea groups is 1. The Balaban J connectivity index is 1.34. The van der Waals surface area contributed by atoms with Crippen molar-refractivity contribution in [3.63, 3.8) is 0 Å². The molecule has 0 spiro atoms. The van der Waals surface area contributed by atoms with Crippen molar-refractivity contribution >= 4 is 6.03 Å². The van der Waals surface area contributed by atoms with E-state index < -0.39 is 0 Å². The van der Waals surface area contributed by atoms with Crippen LogP contribution in [-0.2, 0) is 13.1 Å². The zero-order valence-electron chi connectivity index (χ0n) is 18.2. The van der Waals surface area contributed by atoms with Gasteiger partial charge < -0.3 is 20.1 Å². The fourth-order valence-electron chi connectivity index (χ4n) is 3.52. The van der Waals surface area contributed by atoms with Crippen molar-refractivity contribution in [1.82, 2.24) is 25.0 Å². The molecule has 0 unspecified atom stereocenters. The van der Waals surface area contributed by atoms with Gasteiger partial charge in [-0.05, 0) is 30.5 Å². The standard InChI is InChI=1S/C23H27N5O4/c1-31-19-11-8-16(14-20(19)32-2)15-25-22(29)24-12-13-27-23(30)28(18-9-10-18)21(26-27)17-6-4-3-5-7-17/h3-8,11,14,18H,9-10,12-13,15H2,1-2H3,(H2,24,25,29). The summed E-state index contributed by atoms with van der Waals surface area (Å²) >= 11 is 0. The van der Waals surface area contributed by atoms with Gasteiger partial charge in [-0.25, -0.2) is 14.3 Å². The molecule has 2 aromatic carbocycles. The largest absolute Gasteiger partial charge is 0.493 e. The van der Waals surface area contributed by atoms with Gasteiger partial charge in [-0.1, -0.05) is 36.4 Å². The third-order valence-corrected chi connectivity index (χ3v) is 5.32. The molecule has 1 aliphatic rings. The molecule has 0 saturated heterocycles. The van der Waals surface area contributed by atoms with E-state index in [4.69, 9.17) is 9.47 Å². The molecule has 1 aliphatic carbocycles. The van der Waals surface area contributed by atoms with Gasteiger partial charge in [0, 0.05) is 24.7 Å². The van der Waals surface area contributed by atoms with Gasteiger partial charge in [0.05, 0.1) is 20.8 Å². The molecule has 32 heavy (non-hydrogen) atoms. The minimum Gasteiger partial charge on any atom is -0.493 e. The van der Waals surface area contributed by atoms with E-state index in [9.17, 15) is 9.59 Å². The van der Waals surface area contributed by atoms with Crippen LogP contribution in [0.2, 0.25) is 0 Å². The van der Waals surface area contributed by atoms with Gasteiger partial charge in [0.15, 0.2) is 17.3 Å². The van der Waals surface area contributed by atoms with Gasteiger partial charge in [-0.2, -0.15) is 0 Å². The van der Waals surface area contributed by atoms with Crippen LogP contribution >= 0.6 is 0 Å². The predicted octanol–water partition coefficient (Wildman–Crippen LogP) is 2.56. The van der Waals surface area contributed by atoms with Crippen molar-refractivity contribution in [1.29, 1.82) is 0 Å². The van der Waals surface area contributed by atoms with Gasteiger partial charge in [-0.15, -0.1) is 5.10 Å². The van der Waals surface area contributed by atoms with Crippen LogP contribution in [0, 0.1) is 0 Å². The van der Waals surface area contributed by atoms with Crippen LogP contribution in [0.5, 0.6) is 11.5 Å². The average Bonchev–Trinajstić information content (AvgIpc) is 3.61. The van der Waals surface area contributed by atoms with E-state index in [1.807, 2.05) is 42.5 Å². The molecular formula is C23H27N5O4. The number of aromatic nitrogens is 3. The maximum atomic E-state index is 12.9. The van der Waals surface area contributed by atoms with E-state index in [2.05, 4.69) is 15.7 Å². The molecule has 2 amide bonds. The third kappa shape index (κ3) is 4.77. The average molecular weight is 438 g/mol. The molecule has 3 aromatic rings. The molecular weight excluding hydrogens is 410 g/mol. The molecule has 1 fully saturated rings. The van der Waals surface area contributed by atoms with Crippen LogP contribution < -0.4 is 25.8 Å². The minimum absolute atomic E-state index is 0.140. The Morgan fingerprint density at radius 2 is 1.81 bits per heavy atom. The van der Waals surface area contributed by atoms with Gasteiger partial charge in [-0.3, -0.25) is 4.57 Å². The second kappa shape index (κ2) is 9.59. The Morgan fingerprint density at radius 1 is 1.06 bits per heavy atom. The van der Waals surface area contributed by atoms with E-state index in [1.165, 1.54) is 4.68 Å². The van der Waals surface area contributed by atoms with Gasteiger partial charge in [0.2, 0.25) is 0 Å². The Hall–Kier alpha value is -3.75. The van der Waals surface area contributed by atoms with Crippen LogP contribution in [-0.4, -0.2) is 41.1 Å². The molecule has 1 saturated carbocycles. The summed E-state index contributed by atoms with van der Waals surface area (Å²) in [7, 11) is 3.14. The summed E-state index contributed by atoms with van der Waals surface area (Å²) in [6.45, 7) is 0.913. The highest BCUT2D eigenvalue weighted by Crippen LogP contribution is 2.36. The highest BCUT2D eigenvalue weighted by Gasteiger charge is 2.30. The van der Waals surface area contributed by atoms with Crippen LogP contribution in [0.3, 0.4) is 0 Å². The molecule has 0 aliphatic heterocycles. The number of hydrogen-bond donors (Lipinski definition) is 2. The fourth-order valence-corrected chi connectivity index (χ4v) is 3.52. The second-order valence-electron chi connectivity index (χ2n) is 7.60. The first-order valence-electron chi connectivity index (χ1n) is 10.6. The SMILES string of the molecule is COc1ccc(CNC(=O)NCCn2nc(-c3ccccc3)n(C3CC3)c2=O)cc1OC. The van der Waals surface area contributed by atoms with E-state index in [-0.39, 0.29) is 24.3 Å². The topological polar surface area (TPSA) is 99.4 Å². The lowest BCUT2D eigenvalue weighted by atomic mass is 10.2. The maximum absolute atomic E-state index is 12.9. The second-order valence-corrected chi connectivity index (χ2v) is 7.60.